The SMILES string of the molecule is COC(=O)C1=CCC=C(CN)C=C1. The van der Waals surface area contributed by atoms with E-state index in [0.29, 0.717) is 12.1 Å². The van der Waals surface area contributed by atoms with Gasteiger partial charge in [0.1, 0.15) is 0 Å². The van der Waals surface area contributed by atoms with Crippen molar-refractivity contribution in [3.63, 3.8) is 0 Å². The Morgan fingerprint density at radius 3 is 2.92 bits per heavy atom. The predicted octanol–water partition coefficient (Wildman–Crippen LogP) is 0.931. The molecule has 0 radical (unpaired) electrons. The molecule has 0 bridgehead atoms. The fraction of sp³-hybridized carbons (Fsp3) is 0.300. The Hall–Kier alpha value is -1.35. The molecule has 0 fully saturated rings. The highest BCUT2D eigenvalue weighted by atomic mass is 16.5. The summed E-state index contributed by atoms with van der Waals surface area (Å²) in [6.45, 7) is 0.499. The molecule has 1 aliphatic carbocycles. The molecule has 0 atom stereocenters. The average molecular weight is 179 g/mol. The van der Waals surface area contributed by atoms with Crippen LogP contribution in [0.25, 0.3) is 0 Å². The zero-order valence-corrected chi connectivity index (χ0v) is 7.62. The van der Waals surface area contributed by atoms with Crippen molar-refractivity contribution in [3.05, 3.63) is 35.5 Å². The molecule has 0 aromatic heterocycles. The third kappa shape index (κ3) is 2.56. The van der Waals surface area contributed by atoms with E-state index in [1.807, 2.05) is 18.2 Å². The van der Waals surface area contributed by atoms with Crippen molar-refractivity contribution < 1.29 is 9.53 Å². The van der Waals surface area contributed by atoms with Crippen LogP contribution >= 0.6 is 0 Å². The molecule has 2 N–H and O–H groups in total. The summed E-state index contributed by atoms with van der Waals surface area (Å²) < 4.78 is 4.60. The molecule has 70 valence electrons. The van der Waals surface area contributed by atoms with E-state index in [-0.39, 0.29) is 5.97 Å². The predicted molar refractivity (Wildman–Crippen MR) is 51.0 cm³/mol. The van der Waals surface area contributed by atoms with Crippen LogP contribution in [-0.4, -0.2) is 19.6 Å². The molecule has 0 aromatic rings. The van der Waals surface area contributed by atoms with Gasteiger partial charge < -0.3 is 10.5 Å². The highest BCUT2D eigenvalue weighted by molar-refractivity contribution is 5.91. The first-order valence-corrected chi connectivity index (χ1v) is 4.13. The lowest BCUT2D eigenvalue weighted by Crippen LogP contribution is -2.02. The topological polar surface area (TPSA) is 52.3 Å². The maximum absolute atomic E-state index is 11.1. The Morgan fingerprint density at radius 2 is 2.31 bits per heavy atom. The molecule has 0 saturated carbocycles. The molecule has 0 unspecified atom stereocenters. The largest absolute Gasteiger partial charge is 0.465 e. The lowest BCUT2D eigenvalue weighted by molar-refractivity contribution is -0.135. The first-order valence-electron chi connectivity index (χ1n) is 4.13. The number of methoxy groups -OCH3 is 1. The van der Waals surface area contributed by atoms with Gasteiger partial charge in [-0.05, 0) is 18.1 Å². The molecule has 0 heterocycles. The summed E-state index contributed by atoms with van der Waals surface area (Å²) >= 11 is 0. The zero-order chi connectivity index (χ0) is 9.68. The minimum absolute atomic E-state index is 0.303. The zero-order valence-electron chi connectivity index (χ0n) is 7.62. The van der Waals surface area contributed by atoms with Gasteiger partial charge in [0.25, 0.3) is 0 Å². The van der Waals surface area contributed by atoms with Crippen LogP contribution in [0.4, 0.5) is 0 Å². The molecule has 3 nitrogen and oxygen atoms in total. The van der Waals surface area contributed by atoms with Crippen LogP contribution < -0.4 is 5.73 Å². The van der Waals surface area contributed by atoms with E-state index in [0.717, 1.165) is 12.0 Å². The monoisotopic (exact) mass is 179 g/mol. The number of allylic oxidation sites excluding steroid dienone is 2. The van der Waals surface area contributed by atoms with Gasteiger partial charge in [0, 0.05) is 6.54 Å². The van der Waals surface area contributed by atoms with Crippen LogP contribution in [0.1, 0.15) is 6.42 Å². The highest BCUT2D eigenvalue weighted by Gasteiger charge is 2.06. The van der Waals surface area contributed by atoms with Gasteiger partial charge in [0.05, 0.1) is 12.7 Å². The molecule has 0 amide bonds. The normalized spacial score (nSPS) is 15.8. The fourth-order valence-corrected chi connectivity index (χ4v) is 1.09. The molecule has 3 heteroatoms. The van der Waals surface area contributed by atoms with Gasteiger partial charge >= 0.3 is 5.97 Å². The molecule has 0 aromatic carbocycles. The minimum Gasteiger partial charge on any atom is -0.465 e. The Balaban J connectivity index is 2.74. The summed E-state index contributed by atoms with van der Waals surface area (Å²) in [4.78, 5) is 11.1. The molecular formula is C10H13NO2. The van der Waals surface area contributed by atoms with Gasteiger partial charge in [-0.1, -0.05) is 18.2 Å². The summed E-state index contributed by atoms with van der Waals surface area (Å²) in [5, 5.41) is 0. The van der Waals surface area contributed by atoms with E-state index in [4.69, 9.17) is 5.73 Å². The Labute approximate surface area is 77.6 Å². The number of ether oxygens (including phenoxy) is 1. The summed E-state index contributed by atoms with van der Waals surface area (Å²) in [7, 11) is 1.37. The third-order valence-electron chi connectivity index (χ3n) is 1.85. The van der Waals surface area contributed by atoms with E-state index in [1.165, 1.54) is 7.11 Å². The van der Waals surface area contributed by atoms with E-state index >= 15 is 0 Å². The number of hydrogen-bond donors (Lipinski definition) is 1. The van der Waals surface area contributed by atoms with Crippen molar-refractivity contribution in [3.8, 4) is 0 Å². The molecular weight excluding hydrogens is 166 g/mol. The first kappa shape index (κ1) is 9.74. The number of carbonyl (C=O) groups excluding carboxylic acids is 1. The van der Waals surface area contributed by atoms with Gasteiger partial charge in [0.15, 0.2) is 0 Å². The highest BCUT2D eigenvalue weighted by Crippen LogP contribution is 2.10. The second-order valence-corrected chi connectivity index (χ2v) is 2.70. The maximum Gasteiger partial charge on any atom is 0.337 e. The van der Waals surface area contributed by atoms with Crippen molar-refractivity contribution in [2.45, 2.75) is 6.42 Å². The molecule has 0 aliphatic heterocycles. The number of hydrogen-bond acceptors (Lipinski definition) is 3. The molecule has 1 aliphatic rings. The van der Waals surface area contributed by atoms with Gasteiger partial charge in [0.2, 0.25) is 0 Å². The summed E-state index contributed by atoms with van der Waals surface area (Å²) in [5.41, 5.74) is 7.09. The van der Waals surface area contributed by atoms with Gasteiger partial charge in [-0.25, -0.2) is 4.79 Å². The second-order valence-electron chi connectivity index (χ2n) is 2.70. The standard InChI is InChI=1S/C10H13NO2/c1-13-10(12)9-4-2-3-8(7-11)5-6-9/h3-6H,2,7,11H2,1H3. The number of carbonyl (C=O) groups is 1. The molecule has 0 saturated heterocycles. The van der Waals surface area contributed by atoms with E-state index in [9.17, 15) is 4.79 Å². The molecule has 0 spiro atoms. The number of nitrogens with two attached hydrogens (primary N) is 1. The molecule has 13 heavy (non-hydrogen) atoms. The van der Waals surface area contributed by atoms with Crippen molar-refractivity contribution in [2.75, 3.05) is 13.7 Å². The van der Waals surface area contributed by atoms with Crippen molar-refractivity contribution in [1.29, 1.82) is 0 Å². The van der Waals surface area contributed by atoms with E-state index < -0.39 is 0 Å². The van der Waals surface area contributed by atoms with E-state index in [2.05, 4.69) is 4.74 Å². The Morgan fingerprint density at radius 1 is 1.54 bits per heavy atom. The van der Waals surface area contributed by atoms with Gasteiger partial charge in [-0.15, -0.1) is 0 Å². The van der Waals surface area contributed by atoms with Crippen LogP contribution in [0, 0.1) is 0 Å². The van der Waals surface area contributed by atoms with Crippen LogP contribution in [0.5, 0.6) is 0 Å². The fourth-order valence-electron chi connectivity index (χ4n) is 1.09. The Kier molecular flexibility index (Phi) is 3.46. The molecule has 1 rings (SSSR count). The van der Waals surface area contributed by atoms with Crippen molar-refractivity contribution >= 4 is 5.97 Å². The van der Waals surface area contributed by atoms with Crippen LogP contribution in [-0.2, 0) is 9.53 Å². The number of esters is 1. The second kappa shape index (κ2) is 4.62. The minimum atomic E-state index is -0.303. The number of rotatable bonds is 2. The Bertz CT molecular complexity index is 287. The first-order chi connectivity index (χ1) is 6.27. The quantitative estimate of drug-likeness (QED) is 0.641. The summed E-state index contributed by atoms with van der Waals surface area (Å²) in [5.74, 6) is -0.303. The van der Waals surface area contributed by atoms with Crippen LogP contribution in [0.3, 0.4) is 0 Å². The maximum atomic E-state index is 11.1. The van der Waals surface area contributed by atoms with Crippen molar-refractivity contribution in [1.82, 2.24) is 0 Å². The van der Waals surface area contributed by atoms with Gasteiger partial charge in [-0.3, -0.25) is 0 Å². The smallest absolute Gasteiger partial charge is 0.337 e. The van der Waals surface area contributed by atoms with E-state index in [1.54, 1.807) is 6.08 Å². The lowest BCUT2D eigenvalue weighted by Gasteiger charge is -1.97. The van der Waals surface area contributed by atoms with Gasteiger partial charge in [-0.2, -0.15) is 0 Å². The lowest BCUT2D eigenvalue weighted by atomic mass is 10.2. The van der Waals surface area contributed by atoms with Crippen molar-refractivity contribution in [2.24, 2.45) is 5.73 Å². The average Bonchev–Trinajstić information content (AvgIpc) is 2.41. The summed E-state index contributed by atoms with van der Waals surface area (Å²) in [6, 6.07) is 0. The van der Waals surface area contributed by atoms with Crippen LogP contribution in [0.2, 0.25) is 0 Å². The third-order valence-corrected chi connectivity index (χ3v) is 1.85. The van der Waals surface area contributed by atoms with Crippen LogP contribution in [0.15, 0.2) is 35.5 Å². The summed E-state index contributed by atoms with van der Waals surface area (Å²) in [6.07, 6.45) is 8.12.